The molecule has 1 aliphatic rings. The van der Waals surface area contributed by atoms with E-state index in [1.807, 2.05) is 13.8 Å². The summed E-state index contributed by atoms with van der Waals surface area (Å²) >= 11 is 1.60. The number of anilines is 1. The molecule has 0 saturated carbocycles. The lowest BCUT2D eigenvalue weighted by molar-refractivity contribution is -0.145. The summed E-state index contributed by atoms with van der Waals surface area (Å²) in [5, 5.41) is 4.04. The summed E-state index contributed by atoms with van der Waals surface area (Å²) in [7, 11) is -0.767. The van der Waals surface area contributed by atoms with Gasteiger partial charge in [0, 0.05) is 33.7 Å². The summed E-state index contributed by atoms with van der Waals surface area (Å²) in [5.74, 6) is 0.927. The minimum absolute atomic E-state index is 0.164. The van der Waals surface area contributed by atoms with E-state index in [0.29, 0.717) is 24.7 Å². The molecule has 2 unspecified atom stereocenters. The second-order valence-electron chi connectivity index (χ2n) is 4.88. The number of esters is 1. The average molecular weight is 330 g/mol. The van der Waals surface area contributed by atoms with Gasteiger partial charge in [-0.3, -0.25) is 9.00 Å². The van der Waals surface area contributed by atoms with Gasteiger partial charge in [-0.05, 0) is 26.2 Å². The van der Waals surface area contributed by atoms with E-state index in [4.69, 9.17) is 4.74 Å². The highest BCUT2D eigenvalue weighted by Crippen LogP contribution is 2.37. The first-order valence-corrected chi connectivity index (χ1v) is 9.71. The molecule has 2 rings (SSSR count). The number of fused-ring (bicyclic) bond motifs is 1. The zero-order chi connectivity index (χ0) is 15.2. The zero-order valence-electron chi connectivity index (χ0n) is 12.5. The van der Waals surface area contributed by atoms with Crippen LogP contribution in [0.25, 0.3) is 0 Å². The van der Waals surface area contributed by atoms with Crippen LogP contribution in [0.4, 0.5) is 5.13 Å². The van der Waals surface area contributed by atoms with Crippen molar-refractivity contribution in [2.45, 2.75) is 39.0 Å². The molecule has 1 aromatic rings. The number of carbonyl (C=O) groups is 1. The largest absolute Gasteiger partial charge is 0.465 e. The maximum Gasteiger partial charge on any atom is 0.315 e. The first-order chi connectivity index (χ1) is 10.2. The molecule has 2 atom stereocenters. The van der Waals surface area contributed by atoms with Gasteiger partial charge in [0.1, 0.15) is 5.92 Å². The molecular formula is C14H22N2O3S2. The summed E-state index contributed by atoms with van der Waals surface area (Å²) in [4.78, 5) is 17.7. The molecule has 1 N–H and O–H groups in total. The molecule has 1 heterocycles. The van der Waals surface area contributed by atoms with Gasteiger partial charge in [0.05, 0.1) is 12.3 Å². The van der Waals surface area contributed by atoms with Gasteiger partial charge < -0.3 is 10.1 Å². The van der Waals surface area contributed by atoms with Crippen molar-refractivity contribution in [2.75, 3.05) is 30.0 Å². The van der Waals surface area contributed by atoms with Crippen molar-refractivity contribution >= 4 is 33.2 Å². The van der Waals surface area contributed by atoms with Crippen LogP contribution >= 0.6 is 11.3 Å². The fourth-order valence-electron chi connectivity index (χ4n) is 2.38. The van der Waals surface area contributed by atoms with Crippen molar-refractivity contribution < 1.29 is 13.7 Å². The van der Waals surface area contributed by atoms with Crippen LogP contribution in [-0.2, 0) is 26.8 Å². The molecule has 1 aliphatic carbocycles. The summed E-state index contributed by atoms with van der Waals surface area (Å²) < 4.78 is 16.5. The van der Waals surface area contributed by atoms with Crippen molar-refractivity contribution in [3.05, 3.63) is 10.6 Å². The molecule has 5 nitrogen and oxygen atoms in total. The van der Waals surface area contributed by atoms with E-state index in [1.54, 1.807) is 11.3 Å². The zero-order valence-corrected chi connectivity index (χ0v) is 14.1. The van der Waals surface area contributed by atoms with Crippen LogP contribution in [0, 0.1) is 0 Å². The highest BCUT2D eigenvalue weighted by atomic mass is 32.2. The summed E-state index contributed by atoms with van der Waals surface area (Å²) in [6, 6.07) is 0. The van der Waals surface area contributed by atoms with Crippen LogP contribution in [0.5, 0.6) is 0 Å². The van der Waals surface area contributed by atoms with Gasteiger partial charge in [0.2, 0.25) is 0 Å². The number of rotatable bonds is 7. The Morgan fingerprint density at radius 1 is 1.52 bits per heavy atom. The second kappa shape index (κ2) is 7.89. The Labute approximate surface area is 131 Å². The molecule has 118 valence electrons. The Balaban J connectivity index is 2.01. The minimum Gasteiger partial charge on any atom is -0.465 e. The Morgan fingerprint density at radius 3 is 3.05 bits per heavy atom. The van der Waals surface area contributed by atoms with Crippen LogP contribution in [-0.4, -0.2) is 39.8 Å². The summed E-state index contributed by atoms with van der Waals surface area (Å²) in [6.45, 7) is 4.80. The lowest BCUT2D eigenvalue weighted by Crippen LogP contribution is -2.20. The van der Waals surface area contributed by atoms with Crippen molar-refractivity contribution in [3.63, 3.8) is 0 Å². The highest BCUT2D eigenvalue weighted by molar-refractivity contribution is 7.84. The van der Waals surface area contributed by atoms with Crippen molar-refractivity contribution in [1.29, 1.82) is 0 Å². The smallest absolute Gasteiger partial charge is 0.315 e. The second-order valence-corrected chi connectivity index (χ2v) is 7.83. The normalized spacial score (nSPS) is 18.9. The van der Waals surface area contributed by atoms with Crippen molar-refractivity contribution in [3.8, 4) is 0 Å². The maximum atomic E-state index is 12.0. The van der Waals surface area contributed by atoms with Gasteiger partial charge in [-0.2, -0.15) is 0 Å². The van der Waals surface area contributed by atoms with E-state index in [1.165, 1.54) is 4.88 Å². The molecule has 0 saturated heterocycles. The van der Waals surface area contributed by atoms with E-state index in [0.717, 1.165) is 30.1 Å². The lowest BCUT2D eigenvalue weighted by atomic mass is 9.91. The monoisotopic (exact) mass is 330 g/mol. The maximum absolute atomic E-state index is 12.0. The molecule has 21 heavy (non-hydrogen) atoms. The predicted molar refractivity (Wildman–Crippen MR) is 86.5 cm³/mol. The van der Waals surface area contributed by atoms with Crippen molar-refractivity contribution in [1.82, 2.24) is 4.98 Å². The number of nitrogens with zero attached hydrogens (tertiary/aromatic N) is 1. The molecule has 0 aliphatic heterocycles. The van der Waals surface area contributed by atoms with Crippen molar-refractivity contribution in [2.24, 2.45) is 0 Å². The summed E-state index contributed by atoms with van der Waals surface area (Å²) in [6.07, 6.45) is 2.79. The number of ether oxygens (including phenoxy) is 1. The van der Waals surface area contributed by atoms with E-state index >= 15 is 0 Å². The Bertz CT molecular complexity index is 516. The van der Waals surface area contributed by atoms with Gasteiger partial charge in [-0.1, -0.05) is 6.92 Å². The van der Waals surface area contributed by atoms with Crippen LogP contribution in [0.1, 0.15) is 43.2 Å². The number of hydrogen-bond donors (Lipinski definition) is 1. The Morgan fingerprint density at radius 2 is 2.33 bits per heavy atom. The molecule has 0 amide bonds. The van der Waals surface area contributed by atoms with Crippen LogP contribution in [0.3, 0.4) is 0 Å². The molecule has 1 aromatic heterocycles. The number of carbonyl (C=O) groups excluding carboxylic acids is 1. The molecule has 0 aromatic carbocycles. The van der Waals surface area contributed by atoms with Gasteiger partial charge in [-0.15, -0.1) is 11.3 Å². The first-order valence-electron chi connectivity index (χ1n) is 7.40. The molecule has 0 bridgehead atoms. The number of aromatic nitrogens is 1. The van der Waals surface area contributed by atoms with E-state index in [2.05, 4.69) is 10.3 Å². The Hall–Kier alpha value is -0.950. The van der Waals surface area contributed by atoms with Gasteiger partial charge in [0.15, 0.2) is 5.13 Å². The molecule has 0 radical (unpaired) electrons. The fraction of sp³-hybridized carbons (Fsp3) is 0.714. The van der Waals surface area contributed by atoms with E-state index in [9.17, 15) is 9.00 Å². The predicted octanol–water partition coefficient (Wildman–Crippen LogP) is 2.31. The quantitative estimate of drug-likeness (QED) is 0.777. The summed E-state index contributed by atoms with van der Waals surface area (Å²) in [5.41, 5.74) is 0.879. The third-order valence-electron chi connectivity index (χ3n) is 3.45. The molecular weight excluding hydrogens is 308 g/mol. The van der Waals surface area contributed by atoms with Gasteiger partial charge in [0.25, 0.3) is 0 Å². The third-order valence-corrected chi connectivity index (χ3v) is 5.85. The van der Waals surface area contributed by atoms with Crippen LogP contribution in [0.2, 0.25) is 0 Å². The van der Waals surface area contributed by atoms with Gasteiger partial charge in [-0.25, -0.2) is 4.98 Å². The van der Waals surface area contributed by atoms with E-state index < -0.39 is 10.8 Å². The minimum atomic E-state index is -0.767. The fourth-order valence-corrected chi connectivity index (χ4v) is 4.09. The lowest BCUT2D eigenvalue weighted by Gasteiger charge is -2.19. The topological polar surface area (TPSA) is 68.3 Å². The van der Waals surface area contributed by atoms with E-state index in [-0.39, 0.29) is 11.9 Å². The highest BCUT2D eigenvalue weighted by Gasteiger charge is 2.31. The van der Waals surface area contributed by atoms with Gasteiger partial charge >= 0.3 is 5.97 Å². The van der Waals surface area contributed by atoms with Crippen LogP contribution < -0.4 is 5.32 Å². The number of nitrogens with one attached hydrogen (secondary N) is 1. The number of aryl methyl sites for hydroxylation is 1. The van der Waals surface area contributed by atoms with Crippen LogP contribution in [0.15, 0.2) is 0 Å². The number of hydrogen-bond acceptors (Lipinski definition) is 6. The SMILES string of the molecule is CCOC(=O)C1CCCc2sc(NCCS(=O)CC)nc21. The third kappa shape index (κ3) is 4.26. The average Bonchev–Trinajstić information content (AvgIpc) is 2.89. The first kappa shape index (κ1) is 16.4. The Kier molecular flexibility index (Phi) is 6.17. The molecule has 7 heteroatoms. The molecule has 0 spiro atoms. The number of thiazole rings is 1. The standard InChI is InChI=1S/C14H22N2O3S2/c1-3-19-13(17)10-6-5-7-11-12(10)16-14(20-11)15-8-9-21(18)4-2/h10H,3-9H2,1-2H3,(H,15,16). The molecule has 0 fully saturated rings.